The highest BCUT2D eigenvalue weighted by Crippen LogP contribution is 2.39. The van der Waals surface area contributed by atoms with E-state index < -0.39 is 23.7 Å². The highest BCUT2D eigenvalue weighted by atomic mass is 16.5. The number of carbonyl (C=O) groups is 3. The van der Waals surface area contributed by atoms with E-state index in [9.17, 15) is 14.4 Å². The van der Waals surface area contributed by atoms with Crippen LogP contribution in [0.25, 0.3) is 6.08 Å². The van der Waals surface area contributed by atoms with Gasteiger partial charge in [-0.15, -0.1) is 0 Å². The molecule has 3 rings (SSSR count). The highest BCUT2D eigenvalue weighted by molar-refractivity contribution is 6.25. The molecule has 7 heteroatoms. The first-order valence-electron chi connectivity index (χ1n) is 8.55. The van der Waals surface area contributed by atoms with Crippen LogP contribution < -0.4 is 14.4 Å². The fourth-order valence-electron chi connectivity index (χ4n) is 3.19. The van der Waals surface area contributed by atoms with Crippen molar-refractivity contribution in [3.8, 4) is 11.5 Å². The van der Waals surface area contributed by atoms with Crippen LogP contribution in [-0.2, 0) is 14.4 Å². The predicted octanol–water partition coefficient (Wildman–Crippen LogP) is 2.85. The summed E-state index contributed by atoms with van der Waals surface area (Å²) >= 11 is 0. The molecule has 144 valence electrons. The number of carboxylic acids is 1. The lowest BCUT2D eigenvalue weighted by Gasteiger charge is -2.13. The summed E-state index contributed by atoms with van der Waals surface area (Å²) in [5, 5.41) is 9.09. The molecule has 1 aliphatic rings. The second kappa shape index (κ2) is 7.96. The van der Waals surface area contributed by atoms with Crippen molar-refractivity contribution in [3.63, 3.8) is 0 Å². The highest BCUT2D eigenvalue weighted by Gasteiger charge is 2.40. The molecule has 1 atom stereocenters. The molecule has 0 fully saturated rings. The topological polar surface area (TPSA) is 93.1 Å². The van der Waals surface area contributed by atoms with Gasteiger partial charge in [0.25, 0.3) is 5.91 Å². The SMILES string of the molecule is COc1ccc(C=CC(=O)N2C(=O)C(CC(=O)O)c3ccccc32)cc1OC. The summed E-state index contributed by atoms with van der Waals surface area (Å²) in [5.41, 5.74) is 1.65. The number of hydrogen-bond donors (Lipinski definition) is 1. The molecule has 28 heavy (non-hydrogen) atoms. The molecule has 1 aliphatic heterocycles. The number of fused-ring (bicyclic) bond motifs is 1. The van der Waals surface area contributed by atoms with Gasteiger partial charge >= 0.3 is 5.97 Å². The fourth-order valence-corrected chi connectivity index (χ4v) is 3.19. The maximum absolute atomic E-state index is 12.7. The normalized spacial score (nSPS) is 15.6. The van der Waals surface area contributed by atoms with Crippen LogP contribution in [0, 0.1) is 0 Å². The molecular weight excluding hydrogens is 362 g/mol. The van der Waals surface area contributed by atoms with Gasteiger partial charge in [0.2, 0.25) is 5.91 Å². The summed E-state index contributed by atoms with van der Waals surface area (Å²) in [7, 11) is 3.04. The monoisotopic (exact) mass is 381 g/mol. The molecule has 7 nitrogen and oxygen atoms in total. The number of rotatable bonds is 6. The minimum Gasteiger partial charge on any atom is -0.493 e. The largest absolute Gasteiger partial charge is 0.493 e. The smallest absolute Gasteiger partial charge is 0.304 e. The third-order valence-electron chi connectivity index (χ3n) is 4.50. The van der Waals surface area contributed by atoms with Crippen molar-refractivity contribution in [2.24, 2.45) is 0 Å². The summed E-state index contributed by atoms with van der Waals surface area (Å²) in [6, 6.07) is 11.9. The third-order valence-corrected chi connectivity index (χ3v) is 4.50. The summed E-state index contributed by atoms with van der Waals surface area (Å²) in [4.78, 5) is 37.6. The van der Waals surface area contributed by atoms with E-state index in [1.165, 1.54) is 20.3 Å². The number of para-hydroxylation sites is 1. The zero-order valence-corrected chi connectivity index (χ0v) is 15.4. The molecule has 0 spiro atoms. The van der Waals surface area contributed by atoms with Crippen molar-refractivity contribution in [2.75, 3.05) is 19.1 Å². The first kappa shape index (κ1) is 19.2. The quantitative estimate of drug-likeness (QED) is 0.774. The molecule has 0 aromatic heterocycles. The molecule has 0 aliphatic carbocycles. The molecule has 2 aromatic rings. The predicted molar refractivity (Wildman–Crippen MR) is 103 cm³/mol. The van der Waals surface area contributed by atoms with Crippen LogP contribution in [-0.4, -0.2) is 37.1 Å². The fraction of sp³-hybridized carbons (Fsp3) is 0.190. The Morgan fingerprint density at radius 2 is 1.82 bits per heavy atom. The number of carboxylic acid groups (broad SMARTS) is 1. The van der Waals surface area contributed by atoms with E-state index >= 15 is 0 Å². The van der Waals surface area contributed by atoms with Gasteiger partial charge in [-0.2, -0.15) is 0 Å². The Morgan fingerprint density at radius 1 is 1.11 bits per heavy atom. The maximum Gasteiger partial charge on any atom is 0.304 e. The standard InChI is InChI=1S/C21H19NO6/c1-27-17-9-7-13(11-18(17)28-2)8-10-19(23)22-16-6-4-3-5-14(16)15(21(22)26)12-20(24)25/h3-11,15H,12H2,1-2H3,(H,24,25). The molecule has 2 aromatic carbocycles. The van der Waals surface area contributed by atoms with Gasteiger partial charge in [-0.1, -0.05) is 24.3 Å². The lowest BCUT2D eigenvalue weighted by molar-refractivity contribution is -0.139. The molecule has 0 bridgehead atoms. The van der Waals surface area contributed by atoms with E-state index in [1.54, 1.807) is 48.5 Å². The molecule has 1 N–H and O–H groups in total. The van der Waals surface area contributed by atoms with Gasteiger partial charge in [0.1, 0.15) is 0 Å². The van der Waals surface area contributed by atoms with Crippen molar-refractivity contribution in [2.45, 2.75) is 12.3 Å². The number of methoxy groups -OCH3 is 2. The number of amides is 2. The lowest BCUT2D eigenvalue weighted by Crippen LogP contribution is -2.34. The Labute approximate surface area is 161 Å². The number of carbonyl (C=O) groups excluding carboxylic acids is 2. The van der Waals surface area contributed by atoms with E-state index in [-0.39, 0.29) is 6.42 Å². The van der Waals surface area contributed by atoms with Gasteiger partial charge in [-0.05, 0) is 35.4 Å². The third kappa shape index (κ3) is 3.59. The Kier molecular flexibility index (Phi) is 5.44. The number of benzene rings is 2. The Hall–Kier alpha value is -3.61. The van der Waals surface area contributed by atoms with Crippen LogP contribution in [0.5, 0.6) is 11.5 Å². The molecule has 2 amide bonds. The van der Waals surface area contributed by atoms with Crippen molar-refractivity contribution in [1.82, 2.24) is 0 Å². The number of imide groups is 1. The summed E-state index contributed by atoms with van der Waals surface area (Å²) in [6.45, 7) is 0. The van der Waals surface area contributed by atoms with Crippen molar-refractivity contribution in [1.29, 1.82) is 0 Å². The van der Waals surface area contributed by atoms with Gasteiger partial charge < -0.3 is 14.6 Å². The van der Waals surface area contributed by atoms with Crippen LogP contribution in [0.4, 0.5) is 5.69 Å². The van der Waals surface area contributed by atoms with Crippen molar-refractivity contribution >= 4 is 29.5 Å². The van der Waals surface area contributed by atoms with Crippen LogP contribution in [0.3, 0.4) is 0 Å². The summed E-state index contributed by atoms with van der Waals surface area (Å²) in [6.07, 6.45) is 2.48. The molecule has 0 saturated heterocycles. The average molecular weight is 381 g/mol. The van der Waals surface area contributed by atoms with Gasteiger partial charge in [0, 0.05) is 6.08 Å². The maximum atomic E-state index is 12.7. The van der Waals surface area contributed by atoms with Crippen LogP contribution in [0.15, 0.2) is 48.5 Å². The molecule has 0 saturated carbocycles. The minimum absolute atomic E-state index is 0.362. The number of hydrogen-bond acceptors (Lipinski definition) is 5. The summed E-state index contributed by atoms with van der Waals surface area (Å²) in [5.74, 6) is -1.96. The van der Waals surface area contributed by atoms with Gasteiger partial charge in [-0.3, -0.25) is 14.4 Å². The van der Waals surface area contributed by atoms with E-state index in [1.807, 2.05) is 0 Å². The number of aliphatic carboxylic acids is 1. The van der Waals surface area contributed by atoms with Crippen molar-refractivity contribution in [3.05, 3.63) is 59.7 Å². The van der Waals surface area contributed by atoms with Gasteiger partial charge in [-0.25, -0.2) is 4.90 Å². The average Bonchev–Trinajstić information content (AvgIpc) is 2.97. The van der Waals surface area contributed by atoms with Crippen LogP contribution in [0.2, 0.25) is 0 Å². The molecular formula is C21H19NO6. The first-order chi connectivity index (χ1) is 13.5. The van der Waals surface area contributed by atoms with Gasteiger partial charge in [0.05, 0.1) is 32.2 Å². The first-order valence-corrected chi connectivity index (χ1v) is 8.55. The number of anilines is 1. The Morgan fingerprint density at radius 3 is 2.50 bits per heavy atom. The Balaban J connectivity index is 1.87. The van der Waals surface area contributed by atoms with E-state index in [0.717, 1.165) is 4.90 Å². The van der Waals surface area contributed by atoms with E-state index in [2.05, 4.69) is 0 Å². The zero-order chi connectivity index (χ0) is 20.3. The zero-order valence-electron chi connectivity index (χ0n) is 15.4. The van der Waals surface area contributed by atoms with Gasteiger partial charge in [0.15, 0.2) is 11.5 Å². The summed E-state index contributed by atoms with van der Waals surface area (Å²) < 4.78 is 10.4. The Bertz CT molecular complexity index is 965. The number of ether oxygens (including phenoxy) is 2. The minimum atomic E-state index is -1.09. The molecule has 0 radical (unpaired) electrons. The second-order valence-electron chi connectivity index (χ2n) is 6.17. The van der Waals surface area contributed by atoms with Crippen LogP contribution >= 0.6 is 0 Å². The lowest BCUT2D eigenvalue weighted by atomic mass is 9.97. The second-order valence-corrected chi connectivity index (χ2v) is 6.17. The van der Waals surface area contributed by atoms with Crippen molar-refractivity contribution < 1.29 is 29.0 Å². The molecule has 1 heterocycles. The number of nitrogens with zero attached hydrogens (tertiary/aromatic N) is 1. The van der Waals surface area contributed by atoms with E-state index in [4.69, 9.17) is 14.6 Å². The van der Waals surface area contributed by atoms with Crippen LogP contribution in [0.1, 0.15) is 23.5 Å². The van der Waals surface area contributed by atoms with E-state index in [0.29, 0.717) is 28.3 Å². The molecule has 1 unspecified atom stereocenters.